The van der Waals surface area contributed by atoms with Gasteiger partial charge in [-0.25, -0.2) is 0 Å². The zero-order chi connectivity index (χ0) is 15.9. The summed E-state index contributed by atoms with van der Waals surface area (Å²) < 4.78 is 5.64. The van der Waals surface area contributed by atoms with Crippen LogP contribution in [0.2, 0.25) is 0 Å². The van der Waals surface area contributed by atoms with Crippen molar-refractivity contribution in [2.24, 2.45) is 0 Å². The molecule has 0 aliphatic rings. The van der Waals surface area contributed by atoms with Crippen molar-refractivity contribution in [3.63, 3.8) is 0 Å². The van der Waals surface area contributed by atoms with E-state index in [0.717, 1.165) is 5.75 Å². The number of aliphatic hydroxyl groups excluding tert-OH is 1. The van der Waals surface area contributed by atoms with Crippen LogP contribution in [0.4, 0.5) is 0 Å². The third-order valence-electron chi connectivity index (χ3n) is 3.62. The molecule has 0 spiro atoms. The van der Waals surface area contributed by atoms with Crippen LogP contribution in [0.5, 0.6) is 5.75 Å². The normalized spacial score (nSPS) is 13.4. The maximum absolute atomic E-state index is 10.0. The van der Waals surface area contributed by atoms with Crippen molar-refractivity contribution in [1.29, 1.82) is 0 Å². The van der Waals surface area contributed by atoms with Gasteiger partial charge in [0, 0.05) is 17.5 Å². The van der Waals surface area contributed by atoms with Gasteiger partial charge in [0.05, 0.1) is 0 Å². The number of aliphatic hydroxyl groups is 1. The quantitative estimate of drug-likeness (QED) is 0.738. The molecule has 0 fully saturated rings. The van der Waals surface area contributed by atoms with Crippen LogP contribution in [-0.4, -0.2) is 24.4 Å². The van der Waals surface area contributed by atoms with E-state index < -0.39 is 6.10 Å². The topological polar surface area (TPSA) is 41.5 Å². The first-order chi connectivity index (χ1) is 10.6. The number of hydrogen-bond acceptors (Lipinski definition) is 4. The summed E-state index contributed by atoms with van der Waals surface area (Å²) in [5.74, 6) is 1.32. The lowest BCUT2D eigenvalue weighted by Crippen LogP contribution is -2.32. The molecule has 1 heterocycles. The zero-order valence-electron chi connectivity index (χ0n) is 13.9. The molecular weight excluding hydrogens is 330 g/mol. The Labute approximate surface area is 149 Å². The highest BCUT2D eigenvalue weighted by Gasteiger charge is 2.10. The van der Waals surface area contributed by atoms with Gasteiger partial charge in [0.2, 0.25) is 0 Å². The van der Waals surface area contributed by atoms with Crippen molar-refractivity contribution < 1.29 is 9.84 Å². The van der Waals surface area contributed by atoms with E-state index in [1.165, 1.54) is 10.4 Å². The fourth-order valence-corrected chi connectivity index (χ4v) is 2.91. The molecule has 2 N–H and O–H groups in total. The molecule has 0 radical (unpaired) electrons. The highest BCUT2D eigenvalue weighted by Crippen LogP contribution is 2.19. The molecule has 23 heavy (non-hydrogen) atoms. The van der Waals surface area contributed by atoms with Gasteiger partial charge in [0.25, 0.3) is 0 Å². The molecule has 0 aliphatic heterocycles. The summed E-state index contributed by atoms with van der Waals surface area (Å²) in [6, 6.07) is 12.5. The Kier molecular flexibility index (Phi) is 8.63. The molecule has 1 aromatic heterocycles. The Morgan fingerprint density at radius 2 is 1.83 bits per heavy atom. The monoisotopic (exact) mass is 355 g/mol. The van der Waals surface area contributed by atoms with E-state index in [9.17, 15) is 5.11 Å². The molecule has 0 saturated carbocycles. The first kappa shape index (κ1) is 20.0. The Hall–Kier alpha value is -1.07. The van der Waals surface area contributed by atoms with Gasteiger partial charge in [-0.15, -0.1) is 23.7 Å². The highest BCUT2D eigenvalue weighted by molar-refractivity contribution is 7.10. The van der Waals surface area contributed by atoms with E-state index >= 15 is 0 Å². The summed E-state index contributed by atoms with van der Waals surface area (Å²) in [7, 11) is 0. The molecule has 2 rings (SSSR count). The number of hydrogen-bond donors (Lipinski definition) is 2. The predicted molar refractivity (Wildman–Crippen MR) is 100 cm³/mol. The summed E-state index contributed by atoms with van der Waals surface area (Å²) in [6.07, 6.45) is -0.521. The molecule has 1 aromatic carbocycles. The highest BCUT2D eigenvalue weighted by atomic mass is 35.5. The summed E-state index contributed by atoms with van der Waals surface area (Å²) in [5, 5.41) is 15.4. The Morgan fingerprint density at radius 3 is 2.39 bits per heavy atom. The first-order valence-electron chi connectivity index (χ1n) is 7.74. The van der Waals surface area contributed by atoms with E-state index in [0.29, 0.717) is 19.1 Å². The van der Waals surface area contributed by atoms with Crippen molar-refractivity contribution in [3.05, 3.63) is 52.2 Å². The number of rotatable bonds is 8. The molecule has 2 atom stereocenters. The molecule has 0 bridgehead atoms. The van der Waals surface area contributed by atoms with Crippen LogP contribution in [0.15, 0.2) is 41.8 Å². The molecule has 128 valence electrons. The Bertz CT molecular complexity index is 543. The summed E-state index contributed by atoms with van der Waals surface area (Å²) in [5.41, 5.74) is 1.29. The fourth-order valence-electron chi connectivity index (χ4n) is 2.15. The molecule has 2 aromatic rings. The average Bonchev–Trinajstić information content (AvgIpc) is 3.05. The summed E-state index contributed by atoms with van der Waals surface area (Å²) in [4.78, 5) is 1.28. The number of thiophene rings is 1. The summed E-state index contributed by atoms with van der Waals surface area (Å²) in [6.45, 7) is 7.25. The number of ether oxygens (including phenoxy) is 1. The van der Waals surface area contributed by atoms with Gasteiger partial charge in [-0.3, -0.25) is 0 Å². The van der Waals surface area contributed by atoms with E-state index in [1.807, 2.05) is 18.2 Å². The van der Waals surface area contributed by atoms with Crippen LogP contribution < -0.4 is 10.1 Å². The van der Waals surface area contributed by atoms with Gasteiger partial charge in [-0.05, 0) is 42.0 Å². The van der Waals surface area contributed by atoms with Crippen LogP contribution in [0.1, 0.15) is 43.2 Å². The molecule has 0 amide bonds. The predicted octanol–water partition coefficient (Wildman–Crippen LogP) is 4.38. The molecular formula is C18H26ClNO2S. The maximum Gasteiger partial charge on any atom is 0.119 e. The molecule has 5 heteroatoms. The third-order valence-corrected chi connectivity index (χ3v) is 4.67. The minimum Gasteiger partial charge on any atom is -0.491 e. The van der Waals surface area contributed by atoms with Crippen molar-refractivity contribution in [3.8, 4) is 5.75 Å². The molecule has 0 saturated heterocycles. The molecule has 0 aliphatic carbocycles. The number of halogens is 1. The van der Waals surface area contributed by atoms with Crippen molar-refractivity contribution in [1.82, 2.24) is 5.32 Å². The van der Waals surface area contributed by atoms with Gasteiger partial charge >= 0.3 is 0 Å². The van der Waals surface area contributed by atoms with Crippen molar-refractivity contribution >= 4 is 23.7 Å². The van der Waals surface area contributed by atoms with Gasteiger partial charge in [0.1, 0.15) is 18.5 Å². The van der Waals surface area contributed by atoms with Gasteiger partial charge in [0.15, 0.2) is 0 Å². The van der Waals surface area contributed by atoms with E-state index in [2.05, 4.69) is 49.7 Å². The standard InChI is InChI=1S/C18H25NO2S.ClH/c1-13(2)15-6-8-17(9-7-15)21-12-16(20)11-19-14(3)18-5-4-10-22-18;/h4-10,13-14,16,19-20H,11-12H2,1-3H3;1H. The largest absolute Gasteiger partial charge is 0.491 e. The van der Waals surface area contributed by atoms with E-state index in [-0.39, 0.29) is 18.4 Å². The van der Waals surface area contributed by atoms with Crippen LogP contribution in [0.3, 0.4) is 0 Å². The number of nitrogens with one attached hydrogen (secondary N) is 1. The Balaban J connectivity index is 0.00000264. The zero-order valence-corrected chi connectivity index (χ0v) is 15.5. The second-order valence-corrected chi connectivity index (χ2v) is 6.81. The lowest BCUT2D eigenvalue weighted by Gasteiger charge is -2.17. The van der Waals surface area contributed by atoms with Gasteiger partial charge in [-0.2, -0.15) is 0 Å². The SMILES string of the molecule is CC(C)c1ccc(OCC(O)CNC(C)c2cccs2)cc1.Cl. The van der Waals surface area contributed by atoms with Gasteiger partial charge in [-0.1, -0.05) is 32.0 Å². The minimum atomic E-state index is -0.521. The Morgan fingerprint density at radius 1 is 1.13 bits per heavy atom. The lowest BCUT2D eigenvalue weighted by molar-refractivity contribution is 0.104. The first-order valence-corrected chi connectivity index (χ1v) is 8.62. The minimum absolute atomic E-state index is 0. The molecule has 2 unspecified atom stereocenters. The maximum atomic E-state index is 10.0. The fraction of sp³-hybridized carbons (Fsp3) is 0.444. The van der Waals surface area contributed by atoms with Crippen LogP contribution in [0, 0.1) is 0 Å². The van der Waals surface area contributed by atoms with Crippen molar-refractivity contribution in [2.75, 3.05) is 13.2 Å². The second kappa shape index (κ2) is 9.93. The smallest absolute Gasteiger partial charge is 0.119 e. The second-order valence-electron chi connectivity index (χ2n) is 5.83. The van der Waals surface area contributed by atoms with E-state index in [1.54, 1.807) is 11.3 Å². The van der Waals surface area contributed by atoms with Gasteiger partial charge < -0.3 is 15.2 Å². The molecule has 3 nitrogen and oxygen atoms in total. The van der Waals surface area contributed by atoms with E-state index in [4.69, 9.17) is 4.74 Å². The third kappa shape index (κ3) is 6.51. The van der Waals surface area contributed by atoms with Crippen LogP contribution in [0.25, 0.3) is 0 Å². The number of benzene rings is 1. The lowest BCUT2D eigenvalue weighted by atomic mass is 10.0. The van der Waals surface area contributed by atoms with Crippen molar-refractivity contribution in [2.45, 2.75) is 38.8 Å². The average molecular weight is 356 g/mol. The summed E-state index contributed by atoms with van der Waals surface area (Å²) >= 11 is 1.72. The van der Waals surface area contributed by atoms with Crippen LogP contribution >= 0.6 is 23.7 Å². The van der Waals surface area contributed by atoms with Crippen LogP contribution in [-0.2, 0) is 0 Å².